The number of aromatic nitrogens is 5. The molecule has 4 rings (SSSR count). The Kier molecular flexibility index (Phi) is 2.75. The lowest BCUT2D eigenvalue weighted by Gasteiger charge is -2.07. The van der Waals surface area contributed by atoms with Crippen LogP contribution in [0.4, 0.5) is 4.39 Å². The van der Waals surface area contributed by atoms with Crippen molar-refractivity contribution in [3.63, 3.8) is 0 Å². The normalized spacial score (nSPS) is 15.0. The number of hydrogen-bond donors (Lipinski definition) is 1. The maximum Gasteiger partial charge on any atom is 0.151 e. The van der Waals surface area contributed by atoms with E-state index >= 15 is 0 Å². The molecule has 0 spiro atoms. The van der Waals surface area contributed by atoms with Gasteiger partial charge in [0, 0.05) is 12.6 Å². The minimum atomic E-state index is -0.283. The first-order chi connectivity index (χ1) is 10.3. The van der Waals surface area contributed by atoms with Gasteiger partial charge in [0.2, 0.25) is 0 Å². The van der Waals surface area contributed by atoms with E-state index in [0.29, 0.717) is 24.6 Å². The summed E-state index contributed by atoms with van der Waals surface area (Å²) in [6.07, 6.45) is 4.02. The van der Waals surface area contributed by atoms with E-state index in [1.165, 1.54) is 6.07 Å². The largest absolute Gasteiger partial charge is 0.325 e. The highest BCUT2D eigenvalue weighted by Gasteiger charge is 2.29. The number of halogens is 1. The molecule has 0 unspecified atom stereocenters. The molecular weight excluding hydrogens is 271 g/mol. The van der Waals surface area contributed by atoms with Gasteiger partial charge < -0.3 is 10.3 Å². The molecule has 1 aliphatic rings. The van der Waals surface area contributed by atoms with Crippen molar-refractivity contribution in [2.45, 2.75) is 32.0 Å². The molecule has 1 aromatic carbocycles. The molecule has 7 heteroatoms. The van der Waals surface area contributed by atoms with E-state index in [1.54, 1.807) is 16.9 Å². The second-order valence-corrected chi connectivity index (χ2v) is 5.35. The highest BCUT2D eigenvalue weighted by atomic mass is 19.1. The molecule has 1 fully saturated rings. The molecule has 0 bridgehead atoms. The molecule has 3 aromatic rings. The van der Waals surface area contributed by atoms with E-state index in [9.17, 15) is 4.39 Å². The fraction of sp³-hybridized carbons (Fsp3) is 0.357. The fourth-order valence-corrected chi connectivity index (χ4v) is 2.64. The summed E-state index contributed by atoms with van der Waals surface area (Å²) >= 11 is 0. The highest BCUT2D eigenvalue weighted by Crippen LogP contribution is 2.39. The minimum Gasteiger partial charge on any atom is -0.325 e. The van der Waals surface area contributed by atoms with E-state index in [4.69, 9.17) is 5.73 Å². The Labute approximate surface area is 120 Å². The number of nitrogens with two attached hydrogens (primary N) is 1. The van der Waals surface area contributed by atoms with Crippen LogP contribution < -0.4 is 5.73 Å². The Morgan fingerprint density at radius 3 is 2.90 bits per heavy atom. The molecule has 2 aromatic heterocycles. The molecule has 1 aliphatic carbocycles. The summed E-state index contributed by atoms with van der Waals surface area (Å²) in [6.45, 7) is 0.825. The Hall–Kier alpha value is -2.28. The van der Waals surface area contributed by atoms with E-state index in [-0.39, 0.29) is 5.82 Å². The third-order valence-corrected chi connectivity index (χ3v) is 3.75. The molecule has 2 N–H and O–H groups in total. The van der Waals surface area contributed by atoms with E-state index in [1.807, 2.05) is 6.07 Å². The van der Waals surface area contributed by atoms with Crippen LogP contribution in [0, 0.1) is 5.82 Å². The van der Waals surface area contributed by atoms with Gasteiger partial charge in [-0.1, -0.05) is 11.3 Å². The predicted octanol–water partition coefficient (Wildman–Crippen LogP) is 1.61. The molecule has 0 radical (unpaired) electrons. The van der Waals surface area contributed by atoms with E-state index < -0.39 is 0 Å². The topological polar surface area (TPSA) is 74.6 Å². The minimum absolute atomic E-state index is 0.283. The Bertz CT molecular complexity index is 801. The monoisotopic (exact) mass is 286 g/mol. The third kappa shape index (κ3) is 2.09. The SMILES string of the molecule is NCc1cn(Cc2nc3c(F)cccc3n2C2CC2)nn1. The average Bonchev–Trinajstić information content (AvgIpc) is 3.09. The molecular formula is C14H15FN6. The van der Waals surface area contributed by atoms with Gasteiger partial charge in [0.1, 0.15) is 17.9 Å². The van der Waals surface area contributed by atoms with Crippen molar-refractivity contribution in [2.75, 3.05) is 0 Å². The van der Waals surface area contributed by atoms with Crippen molar-refractivity contribution >= 4 is 11.0 Å². The van der Waals surface area contributed by atoms with Gasteiger partial charge in [0.15, 0.2) is 5.82 Å². The van der Waals surface area contributed by atoms with Crippen LogP contribution in [0.3, 0.4) is 0 Å². The van der Waals surface area contributed by atoms with E-state index in [0.717, 1.165) is 29.9 Å². The van der Waals surface area contributed by atoms with Crippen LogP contribution in [0.15, 0.2) is 24.4 Å². The lowest BCUT2D eigenvalue weighted by molar-refractivity contribution is 0.589. The molecule has 21 heavy (non-hydrogen) atoms. The van der Waals surface area contributed by atoms with Gasteiger partial charge in [-0.05, 0) is 25.0 Å². The first-order valence-corrected chi connectivity index (χ1v) is 7.00. The quantitative estimate of drug-likeness (QED) is 0.790. The first-order valence-electron chi connectivity index (χ1n) is 7.00. The summed E-state index contributed by atoms with van der Waals surface area (Å²) in [6, 6.07) is 5.51. The van der Waals surface area contributed by atoms with Gasteiger partial charge in [0.05, 0.1) is 17.4 Å². The molecule has 0 atom stereocenters. The maximum atomic E-state index is 13.9. The van der Waals surface area contributed by atoms with Crippen molar-refractivity contribution in [3.05, 3.63) is 41.7 Å². The second kappa shape index (κ2) is 4.63. The zero-order valence-corrected chi connectivity index (χ0v) is 11.4. The van der Waals surface area contributed by atoms with Gasteiger partial charge in [-0.25, -0.2) is 14.1 Å². The average molecular weight is 286 g/mol. The van der Waals surface area contributed by atoms with Crippen LogP contribution in [0.5, 0.6) is 0 Å². The Morgan fingerprint density at radius 1 is 1.33 bits per heavy atom. The Balaban J connectivity index is 1.80. The van der Waals surface area contributed by atoms with Crippen LogP contribution in [0.2, 0.25) is 0 Å². The van der Waals surface area contributed by atoms with Crippen LogP contribution in [-0.4, -0.2) is 24.5 Å². The van der Waals surface area contributed by atoms with Gasteiger partial charge in [0.25, 0.3) is 0 Å². The molecule has 6 nitrogen and oxygen atoms in total. The standard InChI is InChI=1S/C14H15FN6/c15-11-2-1-3-12-14(11)17-13(21(12)10-4-5-10)8-20-7-9(6-16)18-19-20/h1-3,7,10H,4-6,8,16H2. The van der Waals surface area contributed by atoms with Crippen molar-refractivity contribution in [2.24, 2.45) is 5.73 Å². The van der Waals surface area contributed by atoms with Crippen molar-refractivity contribution in [3.8, 4) is 0 Å². The Morgan fingerprint density at radius 2 is 2.19 bits per heavy atom. The summed E-state index contributed by atoms with van der Waals surface area (Å²) < 4.78 is 17.8. The summed E-state index contributed by atoms with van der Waals surface area (Å²) in [5.41, 5.74) is 7.55. The second-order valence-electron chi connectivity index (χ2n) is 5.35. The molecule has 108 valence electrons. The number of benzene rings is 1. The maximum absolute atomic E-state index is 13.9. The number of hydrogen-bond acceptors (Lipinski definition) is 4. The number of para-hydroxylation sites is 1. The fourth-order valence-electron chi connectivity index (χ4n) is 2.64. The van der Waals surface area contributed by atoms with Crippen molar-refractivity contribution in [1.29, 1.82) is 0 Å². The molecule has 2 heterocycles. The molecule has 0 aliphatic heterocycles. The number of rotatable bonds is 4. The van der Waals surface area contributed by atoms with Crippen LogP contribution in [0.1, 0.15) is 30.4 Å². The lowest BCUT2D eigenvalue weighted by Crippen LogP contribution is -2.08. The van der Waals surface area contributed by atoms with Gasteiger partial charge in [-0.15, -0.1) is 5.10 Å². The van der Waals surface area contributed by atoms with Crippen LogP contribution in [0.25, 0.3) is 11.0 Å². The van der Waals surface area contributed by atoms with Gasteiger partial charge in [-0.3, -0.25) is 0 Å². The number of nitrogens with zero attached hydrogens (tertiary/aromatic N) is 5. The lowest BCUT2D eigenvalue weighted by atomic mass is 10.3. The van der Waals surface area contributed by atoms with Gasteiger partial charge >= 0.3 is 0 Å². The number of imidazole rings is 1. The molecule has 0 amide bonds. The smallest absolute Gasteiger partial charge is 0.151 e. The van der Waals surface area contributed by atoms with Crippen molar-refractivity contribution < 1.29 is 4.39 Å². The zero-order valence-electron chi connectivity index (χ0n) is 11.4. The summed E-state index contributed by atoms with van der Waals surface area (Å²) in [5.74, 6) is 0.528. The molecule has 0 saturated heterocycles. The highest BCUT2D eigenvalue weighted by molar-refractivity contribution is 5.77. The van der Waals surface area contributed by atoms with E-state index in [2.05, 4.69) is 19.9 Å². The van der Waals surface area contributed by atoms with Crippen LogP contribution >= 0.6 is 0 Å². The van der Waals surface area contributed by atoms with Crippen LogP contribution in [-0.2, 0) is 13.1 Å². The zero-order chi connectivity index (χ0) is 14.4. The first kappa shape index (κ1) is 12.5. The summed E-state index contributed by atoms with van der Waals surface area (Å²) in [7, 11) is 0. The third-order valence-electron chi connectivity index (χ3n) is 3.75. The molecule has 1 saturated carbocycles. The van der Waals surface area contributed by atoms with Crippen molar-refractivity contribution in [1.82, 2.24) is 24.5 Å². The summed E-state index contributed by atoms with van der Waals surface area (Å²) in [5, 5.41) is 8.00. The predicted molar refractivity (Wildman–Crippen MR) is 75.0 cm³/mol. The summed E-state index contributed by atoms with van der Waals surface area (Å²) in [4.78, 5) is 4.47. The van der Waals surface area contributed by atoms with Gasteiger partial charge in [-0.2, -0.15) is 0 Å². The number of fused-ring (bicyclic) bond motifs is 1.